The first-order chi connectivity index (χ1) is 15.4. The number of fused-ring (bicyclic) bond motifs is 5. The van der Waals surface area contributed by atoms with Crippen LogP contribution < -0.4 is 34.9 Å². The molecule has 6 nitrogen and oxygen atoms in total. The van der Waals surface area contributed by atoms with Gasteiger partial charge in [0.15, 0.2) is 0 Å². The van der Waals surface area contributed by atoms with Gasteiger partial charge in [0.05, 0.1) is 11.9 Å². The predicted octanol–water partition coefficient (Wildman–Crippen LogP) is 1.43. The molecule has 0 aliphatic heterocycles. The first-order valence-corrected chi connectivity index (χ1v) is 14.9. The minimum atomic E-state index is -4.04. The van der Waals surface area contributed by atoms with E-state index in [-0.39, 0.29) is 48.1 Å². The molecule has 4 aliphatic rings. The molecule has 0 radical (unpaired) electrons. The van der Waals surface area contributed by atoms with Crippen molar-refractivity contribution in [2.75, 3.05) is 12.3 Å². The second-order valence-corrected chi connectivity index (χ2v) is 14.0. The maximum Gasteiger partial charge on any atom is 1.00 e. The zero-order valence-electron chi connectivity index (χ0n) is 21.8. The van der Waals surface area contributed by atoms with Gasteiger partial charge in [0.1, 0.15) is 0 Å². The smallest absolute Gasteiger partial charge is 0.393 e. The van der Waals surface area contributed by atoms with Gasteiger partial charge in [0.25, 0.3) is 10.1 Å². The fourth-order valence-corrected chi connectivity index (χ4v) is 9.54. The third-order valence-electron chi connectivity index (χ3n) is 10.9. The first-order valence-electron chi connectivity index (χ1n) is 13.3. The van der Waals surface area contributed by atoms with Crippen molar-refractivity contribution in [2.45, 2.75) is 97.5 Å². The number of nitrogens with one attached hydrogen (secondary N) is 1. The zero-order valence-corrected chi connectivity index (χ0v) is 24.6. The molecule has 4 aliphatic carbocycles. The Hall–Kier alpha value is 0.340. The summed E-state index contributed by atoms with van der Waals surface area (Å²) in [6.07, 6.45) is 12.1. The topological polar surface area (TPSA) is 104 Å². The Labute approximate surface area is 228 Å². The van der Waals surface area contributed by atoms with Crippen LogP contribution in [0.25, 0.3) is 0 Å². The third-order valence-corrected chi connectivity index (χ3v) is 11.6. The van der Waals surface area contributed by atoms with Crippen LogP contribution in [-0.2, 0) is 14.9 Å². The summed E-state index contributed by atoms with van der Waals surface area (Å²) >= 11 is 0. The van der Waals surface area contributed by atoms with Gasteiger partial charge in [-0.25, -0.2) is 0 Å². The first kappa shape index (κ1) is 28.9. The van der Waals surface area contributed by atoms with Gasteiger partial charge in [0, 0.05) is 13.0 Å². The number of amides is 1. The van der Waals surface area contributed by atoms with Crippen LogP contribution in [0.15, 0.2) is 0 Å². The molecule has 3 N–H and O–H groups in total. The van der Waals surface area contributed by atoms with E-state index in [4.69, 9.17) is 4.55 Å². The largest absolute Gasteiger partial charge is 1.00 e. The van der Waals surface area contributed by atoms with E-state index in [1.54, 1.807) is 0 Å². The van der Waals surface area contributed by atoms with Crippen molar-refractivity contribution >= 4 is 16.0 Å². The minimum absolute atomic E-state index is 0. The standard InChI is InChI=1S/C26H45NO5S.Na/c1-17(4-9-24(29)27-14-15-33(30,31)32)21-7-8-22-20-6-5-18-16-19(28)10-12-25(18,2)23(20)11-13-26(21,22)3;/h17-23,28H,4-16H2,1-3H3,(H,27,29)(H,30,31,32);/q;+1/t17-,18-,19-,20+,21-,22+,23+,25+,26-;/m1./s1. The summed E-state index contributed by atoms with van der Waals surface area (Å²) in [5.41, 5.74) is 0.771. The van der Waals surface area contributed by atoms with Gasteiger partial charge in [-0.05, 0) is 111 Å². The summed E-state index contributed by atoms with van der Waals surface area (Å²) in [6, 6.07) is 0. The number of aliphatic hydroxyl groups is 1. The maximum absolute atomic E-state index is 12.2. The molecule has 0 saturated heterocycles. The van der Waals surface area contributed by atoms with Gasteiger partial charge in [-0.2, -0.15) is 8.42 Å². The SMILES string of the molecule is C[C@H](CCC(=O)NCCS(=O)(=O)O)[C@H]1CC[C@H]2[C@@H]3CC[C@@H]4C[C@H](O)CC[C@]4(C)[C@H]3CC[C@]12C.[Na+]. The fourth-order valence-electron chi connectivity index (χ4n) is 9.18. The molecule has 190 valence electrons. The van der Waals surface area contributed by atoms with Crippen LogP contribution in [0.3, 0.4) is 0 Å². The van der Waals surface area contributed by atoms with Crippen LogP contribution >= 0.6 is 0 Å². The molecule has 0 aromatic rings. The molecule has 1 amide bonds. The van der Waals surface area contributed by atoms with E-state index >= 15 is 0 Å². The van der Waals surface area contributed by atoms with Crippen molar-refractivity contribution in [1.29, 1.82) is 0 Å². The van der Waals surface area contributed by atoms with Crippen LogP contribution in [0.1, 0.15) is 91.4 Å². The Morgan fingerprint density at radius 1 is 1.03 bits per heavy atom. The summed E-state index contributed by atoms with van der Waals surface area (Å²) in [5, 5.41) is 12.9. The molecule has 0 bridgehead atoms. The Kier molecular flexibility index (Phi) is 9.34. The monoisotopic (exact) mass is 506 g/mol. The predicted molar refractivity (Wildman–Crippen MR) is 129 cm³/mol. The van der Waals surface area contributed by atoms with Gasteiger partial charge in [-0.15, -0.1) is 0 Å². The van der Waals surface area contributed by atoms with Crippen LogP contribution in [-0.4, -0.2) is 42.4 Å². The molecule has 4 fully saturated rings. The Balaban J connectivity index is 0.00000324. The van der Waals surface area contributed by atoms with Crippen LogP contribution in [0, 0.1) is 46.3 Å². The van der Waals surface area contributed by atoms with Crippen molar-refractivity contribution in [1.82, 2.24) is 5.32 Å². The van der Waals surface area contributed by atoms with Crippen molar-refractivity contribution in [3.8, 4) is 0 Å². The normalized spacial score (nSPS) is 42.5. The Morgan fingerprint density at radius 2 is 1.71 bits per heavy atom. The van der Waals surface area contributed by atoms with Crippen molar-refractivity contribution < 1.29 is 52.4 Å². The molecule has 0 unspecified atom stereocenters. The Morgan fingerprint density at radius 3 is 2.41 bits per heavy atom. The number of rotatable bonds is 7. The molecule has 8 heteroatoms. The van der Waals surface area contributed by atoms with Crippen LogP contribution in [0.4, 0.5) is 0 Å². The number of hydrogen-bond donors (Lipinski definition) is 3. The molecular weight excluding hydrogens is 461 g/mol. The van der Waals surface area contributed by atoms with Crippen molar-refractivity contribution in [3.05, 3.63) is 0 Å². The van der Waals surface area contributed by atoms with Crippen molar-refractivity contribution in [2.24, 2.45) is 46.3 Å². The molecule has 0 heterocycles. The van der Waals surface area contributed by atoms with E-state index in [0.29, 0.717) is 35.0 Å². The van der Waals surface area contributed by atoms with Crippen molar-refractivity contribution in [3.63, 3.8) is 0 Å². The second-order valence-electron chi connectivity index (χ2n) is 12.5. The molecule has 0 spiro atoms. The summed E-state index contributed by atoms with van der Waals surface area (Å²) in [5.74, 6) is 3.68. The Bertz CT molecular complexity index is 837. The molecule has 4 saturated carbocycles. The number of carbonyl (C=O) groups is 1. The van der Waals surface area contributed by atoms with E-state index in [2.05, 4.69) is 26.1 Å². The molecule has 4 rings (SSSR count). The van der Waals surface area contributed by atoms with Gasteiger partial charge in [-0.3, -0.25) is 9.35 Å². The number of hydrogen-bond acceptors (Lipinski definition) is 4. The fraction of sp³-hybridized carbons (Fsp3) is 0.962. The van der Waals surface area contributed by atoms with Crippen LogP contribution in [0.5, 0.6) is 0 Å². The van der Waals surface area contributed by atoms with Crippen LogP contribution in [0.2, 0.25) is 0 Å². The molecular formula is C26H45NNaO5S+. The van der Waals surface area contributed by atoms with E-state index in [0.717, 1.165) is 37.0 Å². The van der Waals surface area contributed by atoms with Gasteiger partial charge in [0.2, 0.25) is 5.91 Å². The van der Waals surface area contributed by atoms with E-state index in [1.165, 1.54) is 44.9 Å². The van der Waals surface area contributed by atoms with E-state index < -0.39 is 15.9 Å². The second kappa shape index (κ2) is 11.0. The quantitative estimate of drug-likeness (QED) is 0.358. The summed E-state index contributed by atoms with van der Waals surface area (Å²) < 4.78 is 30.5. The van der Waals surface area contributed by atoms with E-state index in [9.17, 15) is 18.3 Å². The van der Waals surface area contributed by atoms with E-state index in [1.807, 2.05) is 0 Å². The third kappa shape index (κ3) is 5.75. The summed E-state index contributed by atoms with van der Waals surface area (Å²) in [7, 11) is -4.04. The summed E-state index contributed by atoms with van der Waals surface area (Å²) in [6.45, 7) is 7.34. The molecule has 34 heavy (non-hydrogen) atoms. The van der Waals surface area contributed by atoms with Gasteiger partial charge >= 0.3 is 29.6 Å². The summed E-state index contributed by atoms with van der Waals surface area (Å²) in [4.78, 5) is 12.2. The molecule has 9 atom stereocenters. The van der Waals surface area contributed by atoms with Gasteiger partial charge < -0.3 is 10.4 Å². The molecule has 0 aromatic carbocycles. The van der Waals surface area contributed by atoms with Gasteiger partial charge in [-0.1, -0.05) is 20.8 Å². The minimum Gasteiger partial charge on any atom is -0.393 e. The zero-order chi connectivity index (χ0) is 24.0. The average molecular weight is 507 g/mol. The molecule has 0 aromatic heterocycles. The average Bonchev–Trinajstić information content (AvgIpc) is 3.09. The number of carbonyl (C=O) groups excluding carboxylic acids is 1. The number of aliphatic hydroxyl groups excluding tert-OH is 1. The maximum atomic E-state index is 12.2.